The number of nitrogens with zero attached hydrogens (tertiary/aromatic N) is 1. The topological polar surface area (TPSA) is 49.8 Å². The second-order valence-corrected chi connectivity index (χ2v) is 6.99. The van der Waals surface area contributed by atoms with E-state index in [4.69, 9.17) is 4.74 Å². The predicted molar refractivity (Wildman–Crippen MR) is 88.7 cm³/mol. The molecule has 1 aromatic carbocycles. The Bertz CT molecular complexity index is 533. The van der Waals surface area contributed by atoms with Gasteiger partial charge in [0.25, 0.3) is 0 Å². The number of rotatable bonds is 4. The normalized spacial score (nSPS) is 31.4. The number of hydrogen-bond donors (Lipinski definition) is 1. The van der Waals surface area contributed by atoms with Gasteiger partial charge in [0.1, 0.15) is 0 Å². The molecule has 0 radical (unpaired) electrons. The first-order valence-corrected chi connectivity index (χ1v) is 8.75. The highest BCUT2D eigenvalue weighted by atomic mass is 16.5. The SMILES string of the molecule is CCOC(=O)[C@]12CC[C@@H](O)C[C@@H]1CCN(Cc1ccccc1)C2. The fourth-order valence-corrected chi connectivity index (χ4v) is 4.30. The molecule has 1 saturated carbocycles. The number of ether oxygens (including phenoxy) is 1. The fraction of sp³-hybridized carbons (Fsp3) is 0.632. The summed E-state index contributed by atoms with van der Waals surface area (Å²) in [6, 6.07) is 10.4. The zero-order chi connectivity index (χ0) is 16.3. The highest BCUT2D eigenvalue weighted by molar-refractivity contribution is 5.78. The van der Waals surface area contributed by atoms with Crippen LogP contribution in [0.4, 0.5) is 0 Å². The van der Waals surface area contributed by atoms with Crippen LogP contribution in [0.2, 0.25) is 0 Å². The van der Waals surface area contributed by atoms with Gasteiger partial charge in [-0.05, 0) is 50.6 Å². The average molecular weight is 317 g/mol. The number of benzene rings is 1. The molecule has 1 aromatic rings. The van der Waals surface area contributed by atoms with Gasteiger partial charge in [0.2, 0.25) is 0 Å². The van der Waals surface area contributed by atoms with Crippen LogP contribution < -0.4 is 0 Å². The monoisotopic (exact) mass is 317 g/mol. The molecule has 0 aromatic heterocycles. The van der Waals surface area contributed by atoms with Crippen molar-refractivity contribution >= 4 is 5.97 Å². The Morgan fingerprint density at radius 2 is 2.13 bits per heavy atom. The van der Waals surface area contributed by atoms with E-state index in [0.29, 0.717) is 13.0 Å². The molecule has 23 heavy (non-hydrogen) atoms. The Morgan fingerprint density at radius 3 is 2.87 bits per heavy atom. The minimum Gasteiger partial charge on any atom is -0.466 e. The van der Waals surface area contributed by atoms with Crippen molar-refractivity contribution in [2.45, 2.75) is 45.3 Å². The summed E-state index contributed by atoms with van der Waals surface area (Å²) in [6.07, 6.45) is 2.88. The molecule has 4 nitrogen and oxygen atoms in total. The molecule has 3 rings (SSSR count). The van der Waals surface area contributed by atoms with Crippen LogP contribution in [-0.4, -0.2) is 41.8 Å². The van der Waals surface area contributed by atoms with Gasteiger partial charge in [0.15, 0.2) is 0 Å². The summed E-state index contributed by atoms with van der Waals surface area (Å²) >= 11 is 0. The van der Waals surface area contributed by atoms with E-state index in [-0.39, 0.29) is 18.0 Å². The van der Waals surface area contributed by atoms with Crippen LogP contribution in [0.15, 0.2) is 30.3 Å². The number of hydrogen-bond acceptors (Lipinski definition) is 4. The van der Waals surface area contributed by atoms with Crippen LogP contribution >= 0.6 is 0 Å². The number of fused-ring (bicyclic) bond motifs is 1. The molecule has 1 aliphatic heterocycles. The van der Waals surface area contributed by atoms with Crippen LogP contribution in [0.5, 0.6) is 0 Å². The van der Waals surface area contributed by atoms with Crippen LogP contribution in [-0.2, 0) is 16.1 Å². The Kier molecular flexibility index (Phi) is 5.02. The molecular formula is C19H27NO3. The highest BCUT2D eigenvalue weighted by Crippen LogP contribution is 2.47. The third-order valence-corrected chi connectivity index (χ3v) is 5.49. The van der Waals surface area contributed by atoms with Gasteiger partial charge in [0.05, 0.1) is 18.1 Å². The van der Waals surface area contributed by atoms with Crippen molar-refractivity contribution in [3.8, 4) is 0 Å². The van der Waals surface area contributed by atoms with Crippen molar-refractivity contribution < 1.29 is 14.6 Å². The van der Waals surface area contributed by atoms with Crippen molar-refractivity contribution in [3.63, 3.8) is 0 Å². The molecule has 1 N–H and O–H groups in total. The lowest BCUT2D eigenvalue weighted by Gasteiger charge is -2.50. The molecule has 4 heteroatoms. The first kappa shape index (κ1) is 16.5. The van der Waals surface area contributed by atoms with Gasteiger partial charge >= 0.3 is 5.97 Å². The molecule has 0 spiro atoms. The van der Waals surface area contributed by atoms with Crippen molar-refractivity contribution in [2.75, 3.05) is 19.7 Å². The molecule has 0 bridgehead atoms. The molecule has 1 saturated heterocycles. The predicted octanol–water partition coefficient (Wildman–Crippen LogP) is 2.60. The molecule has 2 fully saturated rings. The molecule has 1 aliphatic carbocycles. The van der Waals surface area contributed by atoms with Gasteiger partial charge in [-0.25, -0.2) is 0 Å². The van der Waals surface area contributed by atoms with Gasteiger partial charge < -0.3 is 9.84 Å². The lowest BCUT2D eigenvalue weighted by Crippen LogP contribution is -2.56. The third-order valence-electron chi connectivity index (χ3n) is 5.49. The second-order valence-electron chi connectivity index (χ2n) is 6.99. The Balaban J connectivity index is 1.77. The minimum absolute atomic E-state index is 0.0605. The van der Waals surface area contributed by atoms with Crippen molar-refractivity contribution in [2.24, 2.45) is 11.3 Å². The highest BCUT2D eigenvalue weighted by Gasteiger charge is 2.52. The Hall–Kier alpha value is -1.39. The molecule has 0 amide bonds. The number of carbonyl (C=O) groups excluding carboxylic acids is 1. The average Bonchev–Trinajstić information content (AvgIpc) is 2.56. The van der Waals surface area contributed by atoms with Gasteiger partial charge in [-0.2, -0.15) is 0 Å². The lowest BCUT2D eigenvalue weighted by molar-refractivity contribution is -0.170. The number of likely N-dealkylation sites (tertiary alicyclic amines) is 1. The van der Waals surface area contributed by atoms with E-state index < -0.39 is 5.41 Å². The molecule has 0 unspecified atom stereocenters. The van der Waals surface area contributed by atoms with Crippen molar-refractivity contribution in [1.82, 2.24) is 4.90 Å². The van der Waals surface area contributed by atoms with Gasteiger partial charge in [0, 0.05) is 13.1 Å². The Morgan fingerprint density at radius 1 is 1.35 bits per heavy atom. The minimum atomic E-state index is -0.428. The maximum absolute atomic E-state index is 12.7. The van der Waals surface area contributed by atoms with Crippen LogP contribution in [0, 0.1) is 11.3 Å². The van der Waals surface area contributed by atoms with Crippen molar-refractivity contribution in [1.29, 1.82) is 0 Å². The molecular weight excluding hydrogens is 290 g/mol. The Labute approximate surface area is 138 Å². The van der Waals surface area contributed by atoms with Gasteiger partial charge in [-0.1, -0.05) is 30.3 Å². The van der Waals surface area contributed by atoms with Crippen LogP contribution in [0.3, 0.4) is 0 Å². The van der Waals surface area contributed by atoms with Crippen LogP contribution in [0.1, 0.15) is 38.2 Å². The number of piperidine rings is 1. The number of aliphatic hydroxyl groups excluding tert-OH is 1. The van der Waals surface area contributed by atoms with Crippen molar-refractivity contribution in [3.05, 3.63) is 35.9 Å². The maximum Gasteiger partial charge on any atom is 0.313 e. The lowest BCUT2D eigenvalue weighted by atomic mass is 9.62. The van der Waals surface area contributed by atoms with E-state index in [0.717, 1.165) is 38.9 Å². The van der Waals surface area contributed by atoms with E-state index in [1.807, 2.05) is 13.0 Å². The number of esters is 1. The molecule has 126 valence electrons. The van der Waals surface area contributed by atoms with E-state index in [1.54, 1.807) is 0 Å². The van der Waals surface area contributed by atoms with E-state index in [9.17, 15) is 9.90 Å². The summed E-state index contributed by atoms with van der Waals surface area (Å²) in [5, 5.41) is 10.0. The molecule has 3 atom stereocenters. The summed E-state index contributed by atoms with van der Waals surface area (Å²) in [7, 11) is 0. The van der Waals surface area contributed by atoms with Crippen LogP contribution in [0.25, 0.3) is 0 Å². The summed E-state index contributed by atoms with van der Waals surface area (Å²) in [4.78, 5) is 15.1. The van der Waals surface area contributed by atoms with E-state index in [1.165, 1.54) is 5.56 Å². The summed E-state index contributed by atoms with van der Waals surface area (Å²) < 4.78 is 5.43. The zero-order valence-corrected chi connectivity index (χ0v) is 13.9. The number of carbonyl (C=O) groups is 1. The first-order valence-electron chi connectivity index (χ1n) is 8.75. The fourth-order valence-electron chi connectivity index (χ4n) is 4.30. The quantitative estimate of drug-likeness (QED) is 0.867. The maximum atomic E-state index is 12.7. The van der Waals surface area contributed by atoms with Gasteiger partial charge in [-0.15, -0.1) is 0 Å². The molecule has 2 aliphatic rings. The second kappa shape index (κ2) is 7.02. The van der Waals surface area contributed by atoms with E-state index in [2.05, 4.69) is 29.2 Å². The zero-order valence-electron chi connectivity index (χ0n) is 13.9. The standard InChI is InChI=1S/C19H27NO3/c1-2-23-18(22)19-10-8-17(21)12-16(19)9-11-20(14-19)13-15-6-4-3-5-7-15/h3-7,16-17,21H,2,8-14H2,1H3/t16-,17+,19-/m0/s1. The summed E-state index contributed by atoms with van der Waals surface area (Å²) in [5.74, 6) is 0.187. The largest absolute Gasteiger partial charge is 0.466 e. The molecule has 1 heterocycles. The summed E-state index contributed by atoms with van der Waals surface area (Å²) in [6.45, 7) is 4.89. The smallest absolute Gasteiger partial charge is 0.313 e. The first-order chi connectivity index (χ1) is 11.1. The summed E-state index contributed by atoms with van der Waals surface area (Å²) in [5.41, 5.74) is 0.850. The van der Waals surface area contributed by atoms with Gasteiger partial charge in [-0.3, -0.25) is 9.69 Å². The third kappa shape index (κ3) is 3.43. The van der Waals surface area contributed by atoms with E-state index >= 15 is 0 Å². The number of aliphatic hydroxyl groups is 1.